The van der Waals surface area contributed by atoms with Gasteiger partial charge in [0.2, 0.25) is 0 Å². The van der Waals surface area contributed by atoms with Crippen LogP contribution in [0.1, 0.15) is 19.4 Å². The molecule has 0 aromatic heterocycles. The molecule has 0 saturated carbocycles. The molecule has 0 aliphatic carbocycles. The van der Waals surface area contributed by atoms with Gasteiger partial charge in [-0.15, -0.1) is 0 Å². The van der Waals surface area contributed by atoms with Gasteiger partial charge in [0.25, 0.3) is 0 Å². The first kappa shape index (κ1) is 16.3. The molecule has 0 unspecified atom stereocenters. The molecule has 112 valence electrons. The second-order valence-corrected chi connectivity index (χ2v) is 5.65. The summed E-state index contributed by atoms with van der Waals surface area (Å²) in [5.41, 5.74) is 7.57. The third-order valence-electron chi connectivity index (χ3n) is 3.03. The molecule has 0 atom stereocenters. The van der Waals surface area contributed by atoms with Gasteiger partial charge in [0.1, 0.15) is 0 Å². The number of hydrogen-bond donors (Lipinski definition) is 2. The van der Waals surface area contributed by atoms with Gasteiger partial charge < -0.3 is 20.7 Å². The molecule has 0 radical (unpaired) electrons. The van der Waals surface area contributed by atoms with Crippen LogP contribution in [0.4, 0.5) is 5.69 Å². The fourth-order valence-corrected chi connectivity index (χ4v) is 2.09. The first-order chi connectivity index (χ1) is 9.45. The van der Waals surface area contributed by atoms with Crippen LogP contribution < -0.4 is 10.6 Å². The van der Waals surface area contributed by atoms with E-state index in [1.165, 1.54) is 0 Å². The van der Waals surface area contributed by atoms with Crippen LogP contribution in [0.2, 0.25) is 0 Å². The monoisotopic (exact) mass is 278 g/mol. The van der Waals surface area contributed by atoms with Gasteiger partial charge in [-0.1, -0.05) is 31.1 Å². The molecule has 0 saturated heterocycles. The first-order valence-corrected chi connectivity index (χ1v) is 6.92. The van der Waals surface area contributed by atoms with E-state index in [9.17, 15) is 0 Å². The number of anilines is 1. The van der Waals surface area contributed by atoms with E-state index in [2.05, 4.69) is 42.9 Å². The van der Waals surface area contributed by atoms with E-state index in [0.29, 0.717) is 5.92 Å². The lowest BCUT2D eigenvalue weighted by Gasteiger charge is -2.29. The van der Waals surface area contributed by atoms with E-state index >= 15 is 0 Å². The third-order valence-corrected chi connectivity index (χ3v) is 3.03. The lowest BCUT2D eigenvalue weighted by Crippen LogP contribution is -2.35. The molecule has 1 rings (SSSR count). The summed E-state index contributed by atoms with van der Waals surface area (Å²) in [7, 11) is 4.12. The van der Waals surface area contributed by atoms with Crippen LogP contribution in [-0.4, -0.2) is 49.7 Å². The molecule has 0 amide bonds. The van der Waals surface area contributed by atoms with Crippen molar-refractivity contribution in [2.24, 2.45) is 16.8 Å². The Bertz CT molecular complexity index is 443. The summed E-state index contributed by atoms with van der Waals surface area (Å²) in [6, 6.07) is 7.78. The van der Waals surface area contributed by atoms with Gasteiger partial charge in [-0.2, -0.15) is 0 Å². The minimum Gasteiger partial charge on any atom is -0.409 e. The maximum Gasteiger partial charge on any atom is 0.172 e. The highest BCUT2D eigenvalue weighted by molar-refractivity contribution is 6.02. The molecule has 0 bridgehead atoms. The van der Waals surface area contributed by atoms with E-state index in [1.807, 2.05) is 24.3 Å². The summed E-state index contributed by atoms with van der Waals surface area (Å²) >= 11 is 0. The lowest BCUT2D eigenvalue weighted by atomic mass is 10.1. The standard InChI is InChI=1S/C15H26N4O/c1-12(2)11-19(10-9-18(3)4)14-8-6-5-7-13(14)15(16)17-20/h5-8,12,20H,9-11H2,1-4H3,(H2,16,17). The summed E-state index contributed by atoms with van der Waals surface area (Å²) in [5.74, 6) is 0.691. The predicted molar refractivity (Wildman–Crippen MR) is 84.6 cm³/mol. The van der Waals surface area contributed by atoms with E-state index in [0.717, 1.165) is 30.9 Å². The Morgan fingerprint density at radius 1 is 1.25 bits per heavy atom. The molecule has 0 aliphatic rings. The molecule has 0 spiro atoms. The Hall–Kier alpha value is -1.75. The zero-order valence-electron chi connectivity index (χ0n) is 12.9. The SMILES string of the molecule is CC(C)CN(CCN(C)C)c1ccccc1C(N)=NO. The second-order valence-electron chi connectivity index (χ2n) is 5.65. The van der Waals surface area contributed by atoms with Gasteiger partial charge in [-0.25, -0.2) is 0 Å². The molecule has 20 heavy (non-hydrogen) atoms. The Labute approximate surface area is 121 Å². The average molecular weight is 278 g/mol. The summed E-state index contributed by atoms with van der Waals surface area (Å²) in [6.45, 7) is 7.17. The van der Waals surface area contributed by atoms with Crippen molar-refractivity contribution in [3.05, 3.63) is 29.8 Å². The van der Waals surface area contributed by atoms with Crippen molar-refractivity contribution in [3.8, 4) is 0 Å². The zero-order chi connectivity index (χ0) is 15.1. The topological polar surface area (TPSA) is 65.1 Å². The van der Waals surface area contributed by atoms with E-state index in [1.54, 1.807) is 0 Å². The van der Waals surface area contributed by atoms with Crippen LogP contribution in [0.3, 0.4) is 0 Å². The summed E-state index contributed by atoms with van der Waals surface area (Å²) in [4.78, 5) is 4.44. The Morgan fingerprint density at radius 3 is 2.45 bits per heavy atom. The van der Waals surface area contributed by atoms with Gasteiger partial charge in [0.15, 0.2) is 5.84 Å². The normalized spacial score (nSPS) is 12.2. The Kier molecular flexibility index (Phi) is 6.31. The second kappa shape index (κ2) is 7.75. The van der Waals surface area contributed by atoms with Gasteiger partial charge in [-0.05, 0) is 32.1 Å². The van der Waals surface area contributed by atoms with Crippen molar-refractivity contribution in [1.29, 1.82) is 0 Å². The molecule has 5 heteroatoms. The number of nitrogens with zero attached hydrogens (tertiary/aromatic N) is 3. The number of amidine groups is 1. The van der Waals surface area contributed by atoms with Gasteiger partial charge in [0, 0.05) is 30.9 Å². The number of benzene rings is 1. The van der Waals surface area contributed by atoms with Crippen LogP contribution in [0.15, 0.2) is 29.4 Å². The van der Waals surface area contributed by atoms with Crippen molar-refractivity contribution in [2.45, 2.75) is 13.8 Å². The summed E-state index contributed by atoms with van der Waals surface area (Å²) < 4.78 is 0. The molecule has 0 fully saturated rings. The number of nitrogens with two attached hydrogens (primary N) is 1. The highest BCUT2D eigenvalue weighted by Gasteiger charge is 2.14. The molecule has 0 heterocycles. The molecule has 1 aromatic rings. The number of oxime groups is 1. The van der Waals surface area contributed by atoms with Crippen molar-refractivity contribution in [1.82, 2.24) is 4.90 Å². The molecule has 0 aliphatic heterocycles. The van der Waals surface area contributed by atoms with Gasteiger partial charge in [0.05, 0.1) is 0 Å². The highest BCUT2D eigenvalue weighted by Crippen LogP contribution is 2.21. The number of para-hydroxylation sites is 1. The fourth-order valence-electron chi connectivity index (χ4n) is 2.09. The number of likely N-dealkylation sites (N-methyl/N-ethyl adjacent to an activating group) is 1. The molecular formula is C15H26N4O. The van der Waals surface area contributed by atoms with E-state index in [-0.39, 0.29) is 5.84 Å². The Balaban J connectivity index is 3.06. The van der Waals surface area contributed by atoms with E-state index in [4.69, 9.17) is 10.9 Å². The minimum absolute atomic E-state index is 0.152. The smallest absolute Gasteiger partial charge is 0.172 e. The predicted octanol–water partition coefficient (Wildman–Crippen LogP) is 1.81. The minimum atomic E-state index is 0.152. The highest BCUT2D eigenvalue weighted by atomic mass is 16.4. The van der Waals surface area contributed by atoms with Crippen molar-refractivity contribution in [2.75, 3.05) is 38.6 Å². The third kappa shape index (κ3) is 4.74. The first-order valence-electron chi connectivity index (χ1n) is 6.92. The van der Waals surface area contributed by atoms with E-state index < -0.39 is 0 Å². The zero-order valence-corrected chi connectivity index (χ0v) is 12.9. The molecule has 3 N–H and O–H groups in total. The maximum atomic E-state index is 8.93. The van der Waals surface area contributed by atoms with Crippen LogP contribution in [-0.2, 0) is 0 Å². The van der Waals surface area contributed by atoms with Gasteiger partial charge >= 0.3 is 0 Å². The summed E-state index contributed by atoms with van der Waals surface area (Å²) in [5, 5.41) is 12.1. The fraction of sp³-hybridized carbons (Fsp3) is 0.533. The average Bonchev–Trinajstić information content (AvgIpc) is 2.42. The van der Waals surface area contributed by atoms with Crippen LogP contribution >= 0.6 is 0 Å². The number of rotatable bonds is 7. The van der Waals surface area contributed by atoms with Crippen LogP contribution in [0.5, 0.6) is 0 Å². The Morgan fingerprint density at radius 2 is 1.90 bits per heavy atom. The quantitative estimate of drug-likeness (QED) is 0.345. The molecule has 1 aromatic carbocycles. The molecular weight excluding hydrogens is 252 g/mol. The number of hydrogen-bond acceptors (Lipinski definition) is 4. The van der Waals surface area contributed by atoms with Crippen molar-refractivity contribution >= 4 is 11.5 Å². The van der Waals surface area contributed by atoms with Crippen LogP contribution in [0.25, 0.3) is 0 Å². The van der Waals surface area contributed by atoms with Gasteiger partial charge in [-0.3, -0.25) is 0 Å². The van der Waals surface area contributed by atoms with Crippen molar-refractivity contribution < 1.29 is 5.21 Å². The van der Waals surface area contributed by atoms with Crippen LogP contribution in [0, 0.1) is 5.92 Å². The maximum absolute atomic E-state index is 8.93. The summed E-state index contributed by atoms with van der Waals surface area (Å²) in [6.07, 6.45) is 0. The largest absolute Gasteiger partial charge is 0.409 e. The lowest BCUT2D eigenvalue weighted by molar-refractivity contribution is 0.318. The molecule has 5 nitrogen and oxygen atoms in total. The van der Waals surface area contributed by atoms with Crippen molar-refractivity contribution in [3.63, 3.8) is 0 Å².